The molecule has 0 aliphatic heterocycles. The number of hydrogen-bond acceptors (Lipinski definition) is 3. The van der Waals surface area contributed by atoms with Crippen LogP contribution >= 0.6 is 0 Å². The summed E-state index contributed by atoms with van der Waals surface area (Å²) in [4.78, 5) is 10.3. The highest BCUT2D eigenvalue weighted by Gasteiger charge is 2.45. The Kier molecular flexibility index (Phi) is 7.39. The Balaban J connectivity index is 5.03. The fourth-order valence-corrected chi connectivity index (χ4v) is 3.32. The van der Waals surface area contributed by atoms with Crippen LogP contribution in [-0.2, 0) is 14.6 Å². The Hall–Kier alpha value is -0.930. The van der Waals surface area contributed by atoms with Gasteiger partial charge in [0.1, 0.15) is 0 Å². The first-order valence-electron chi connectivity index (χ1n) is 5.70. The number of hydrogen-bond donors (Lipinski definition) is 1. The summed E-state index contributed by atoms with van der Waals surface area (Å²) >= 11 is 0. The third kappa shape index (κ3) is 4.88. The van der Waals surface area contributed by atoms with Crippen LogP contribution in [0.5, 0.6) is 0 Å². The topological polar surface area (TPSA) is 71.4 Å². The quantitative estimate of drug-likeness (QED) is 0.660. The van der Waals surface area contributed by atoms with Crippen molar-refractivity contribution in [3.63, 3.8) is 0 Å². The first-order chi connectivity index (χ1) is 9.05. The molecule has 0 aromatic carbocycles. The second-order valence-electron chi connectivity index (χ2n) is 4.13. The van der Waals surface area contributed by atoms with Crippen LogP contribution in [0.3, 0.4) is 0 Å². The Morgan fingerprint density at radius 1 is 1.10 bits per heavy atom. The van der Waals surface area contributed by atoms with E-state index in [2.05, 4.69) is 0 Å². The lowest BCUT2D eigenvalue weighted by Crippen LogP contribution is -2.41. The maximum atomic E-state index is 13.5. The smallest absolute Gasteiger partial charge is 0.303 e. The molecule has 10 heteroatoms. The first-order valence-corrected chi connectivity index (χ1v) is 7.31. The molecule has 0 fully saturated rings. The van der Waals surface area contributed by atoms with Crippen LogP contribution in [0.2, 0.25) is 0 Å². The van der Waals surface area contributed by atoms with E-state index in [4.69, 9.17) is 5.11 Å². The predicted molar refractivity (Wildman–Crippen MR) is 60.6 cm³/mol. The lowest BCUT2D eigenvalue weighted by Gasteiger charge is -2.22. The molecule has 0 rings (SSSR count). The Bertz CT molecular complexity index is 414. The van der Waals surface area contributed by atoms with Crippen LogP contribution in [-0.4, -0.2) is 49.0 Å². The summed E-state index contributed by atoms with van der Waals surface area (Å²) in [6, 6.07) is 0. The van der Waals surface area contributed by atoms with Crippen molar-refractivity contribution in [1.82, 2.24) is 0 Å². The third-order valence-electron chi connectivity index (χ3n) is 2.71. The van der Waals surface area contributed by atoms with E-state index in [0.29, 0.717) is 0 Å². The molecule has 0 aliphatic rings. The van der Waals surface area contributed by atoms with Crippen molar-refractivity contribution in [3.8, 4) is 0 Å². The maximum Gasteiger partial charge on any atom is 0.303 e. The van der Waals surface area contributed by atoms with Gasteiger partial charge >= 0.3 is 5.97 Å². The van der Waals surface area contributed by atoms with E-state index < -0.39 is 58.2 Å². The standard InChI is InChI=1S/C10H15F5O4S/c1-2-5(3-4-6(16)17)20(18,19)10(15)8(12)7(11)9(13)14/h5,7-10H,2-4H2,1H3,(H,16,17). The van der Waals surface area contributed by atoms with Crippen molar-refractivity contribution in [2.75, 3.05) is 0 Å². The lowest BCUT2D eigenvalue weighted by atomic mass is 10.2. The fourth-order valence-electron chi connectivity index (χ4n) is 1.53. The molecule has 4 atom stereocenters. The summed E-state index contributed by atoms with van der Waals surface area (Å²) < 4.78 is 86.3. The number of carbonyl (C=O) groups is 1. The van der Waals surface area contributed by atoms with Crippen LogP contribution in [0.15, 0.2) is 0 Å². The Morgan fingerprint density at radius 3 is 1.95 bits per heavy atom. The monoisotopic (exact) mass is 326 g/mol. The minimum atomic E-state index is -4.90. The number of halogens is 5. The molecule has 0 aromatic heterocycles. The van der Waals surface area contributed by atoms with Gasteiger partial charge in [-0.1, -0.05) is 6.92 Å². The molecule has 0 spiro atoms. The number of rotatable bonds is 9. The van der Waals surface area contributed by atoms with Crippen molar-refractivity contribution < 1.29 is 40.3 Å². The highest BCUT2D eigenvalue weighted by atomic mass is 32.2. The van der Waals surface area contributed by atoms with Gasteiger partial charge in [0.15, 0.2) is 22.2 Å². The highest BCUT2D eigenvalue weighted by molar-refractivity contribution is 7.92. The largest absolute Gasteiger partial charge is 0.481 e. The Labute approximate surface area is 112 Å². The zero-order valence-corrected chi connectivity index (χ0v) is 11.3. The van der Waals surface area contributed by atoms with Crippen LogP contribution in [0.1, 0.15) is 26.2 Å². The van der Waals surface area contributed by atoms with E-state index >= 15 is 0 Å². The van der Waals surface area contributed by atoms with Crippen LogP contribution in [0.4, 0.5) is 22.0 Å². The SMILES string of the molecule is CCC(CCC(=O)O)S(=O)(=O)C(F)C(F)C(F)C(F)F. The summed E-state index contributed by atoms with van der Waals surface area (Å²) in [5.74, 6) is -1.35. The van der Waals surface area contributed by atoms with Gasteiger partial charge in [0.25, 0.3) is 6.43 Å². The van der Waals surface area contributed by atoms with Gasteiger partial charge in [-0.3, -0.25) is 4.79 Å². The van der Waals surface area contributed by atoms with Gasteiger partial charge in [-0.2, -0.15) is 0 Å². The molecule has 0 saturated carbocycles. The van der Waals surface area contributed by atoms with Crippen LogP contribution in [0, 0.1) is 0 Å². The normalized spacial score (nSPS) is 18.6. The Morgan fingerprint density at radius 2 is 1.60 bits per heavy atom. The van der Waals surface area contributed by atoms with Gasteiger partial charge in [-0.25, -0.2) is 30.4 Å². The van der Waals surface area contributed by atoms with Gasteiger partial charge in [-0.05, 0) is 12.8 Å². The van der Waals surface area contributed by atoms with Gasteiger partial charge in [0.05, 0.1) is 5.25 Å². The first kappa shape index (κ1) is 19.1. The van der Waals surface area contributed by atoms with Crippen molar-refractivity contribution in [2.45, 2.75) is 55.7 Å². The van der Waals surface area contributed by atoms with Crippen molar-refractivity contribution >= 4 is 15.8 Å². The lowest BCUT2D eigenvalue weighted by molar-refractivity contribution is -0.137. The second-order valence-corrected chi connectivity index (χ2v) is 6.42. The molecule has 4 nitrogen and oxygen atoms in total. The molecule has 0 aliphatic carbocycles. The van der Waals surface area contributed by atoms with Crippen molar-refractivity contribution in [1.29, 1.82) is 0 Å². The molecule has 4 unspecified atom stereocenters. The molecule has 1 N–H and O–H groups in total. The number of alkyl halides is 5. The molecule has 20 heavy (non-hydrogen) atoms. The number of aliphatic carboxylic acids is 1. The molecule has 0 amide bonds. The minimum absolute atomic E-state index is 0.242. The van der Waals surface area contributed by atoms with Crippen LogP contribution in [0.25, 0.3) is 0 Å². The van der Waals surface area contributed by atoms with Gasteiger partial charge in [-0.15, -0.1) is 0 Å². The van der Waals surface area contributed by atoms with Crippen molar-refractivity contribution in [2.24, 2.45) is 0 Å². The summed E-state index contributed by atoms with van der Waals surface area (Å²) in [5.41, 5.74) is -3.45. The van der Waals surface area contributed by atoms with Gasteiger partial charge < -0.3 is 5.11 Å². The second kappa shape index (κ2) is 7.75. The zero-order chi connectivity index (χ0) is 16.1. The fraction of sp³-hybridized carbons (Fsp3) is 0.900. The summed E-state index contributed by atoms with van der Waals surface area (Å²) in [6.07, 6.45) is -12.3. The maximum absolute atomic E-state index is 13.5. The number of sulfone groups is 1. The van der Waals surface area contributed by atoms with E-state index in [1.807, 2.05) is 0 Å². The summed E-state index contributed by atoms with van der Waals surface area (Å²) in [7, 11) is -4.90. The highest BCUT2D eigenvalue weighted by Crippen LogP contribution is 2.27. The van der Waals surface area contributed by atoms with Gasteiger partial charge in [0, 0.05) is 6.42 Å². The molecule has 0 aromatic rings. The predicted octanol–water partition coefficient (Wildman–Crippen LogP) is 2.28. The average molecular weight is 326 g/mol. The average Bonchev–Trinajstić information content (AvgIpc) is 2.35. The van der Waals surface area contributed by atoms with E-state index in [9.17, 15) is 35.2 Å². The van der Waals surface area contributed by atoms with Crippen molar-refractivity contribution in [3.05, 3.63) is 0 Å². The molecule has 0 bridgehead atoms. The van der Waals surface area contributed by atoms with E-state index in [1.54, 1.807) is 0 Å². The van der Waals surface area contributed by atoms with E-state index in [-0.39, 0.29) is 6.42 Å². The summed E-state index contributed by atoms with van der Waals surface area (Å²) in [6.45, 7) is 1.28. The number of carboxylic acid groups (broad SMARTS) is 1. The molecule has 0 radical (unpaired) electrons. The van der Waals surface area contributed by atoms with Gasteiger partial charge in [0.2, 0.25) is 5.50 Å². The molecule has 120 valence electrons. The zero-order valence-electron chi connectivity index (χ0n) is 10.5. The number of carboxylic acids is 1. The summed E-state index contributed by atoms with van der Waals surface area (Å²) in [5, 5.41) is 6.84. The van der Waals surface area contributed by atoms with E-state index in [0.717, 1.165) is 0 Å². The minimum Gasteiger partial charge on any atom is -0.481 e. The molecular weight excluding hydrogens is 311 g/mol. The molecule has 0 heterocycles. The molecular formula is C10H15F5O4S. The third-order valence-corrected chi connectivity index (χ3v) is 5.10. The van der Waals surface area contributed by atoms with E-state index in [1.165, 1.54) is 6.92 Å². The van der Waals surface area contributed by atoms with Crippen LogP contribution < -0.4 is 0 Å². The molecule has 0 saturated heterocycles.